The van der Waals surface area contributed by atoms with Gasteiger partial charge in [-0.15, -0.1) is 0 Å². The number of benzene rings is 2. The highest BCUT2D eigenvalue weighted by atomic mass is 32.2. The van der Waals surface area contributed by atoms with E-state index < -0.39 is 22.2 Å². The van der Waals surface area contributed by atoms with E-state index in [0.717, 1.165) is 5.56 Å². The summed E-state index contributed by atoms with van der Waals surface area (Å²) in [6.07, 6.45) is -0.0365. The van der Waals surface area contributed by atoms with Gasteiger partial charge in [0.05, 0.1) is 6.61 Å². The first kappa shape index (κ1) is 24.8. The molecule has 0 spiro atoms. The fourth-order valence-electron chi connectivity index (χ4n) is 2.56. The number of ether oxygens (including phenoxy) is 1. The molecule has 0 aliphatic heterocycles. The molecule has 11 heteroatoms. The molecule has 2 N–H and O–H groups in total. The van der Waals surface area contributed by atoms with Gasteiger partial charge >= 0.3 is 15.6 Å². The molecule has 0 saturated heterocycles. The largest absolute Gasteiger partial charge is 0.523 e. The highest BCUT2D eigenvalue weighted by molar-refractivity contribution is 7.87. The Morgan fingerprint density at radius 1 is 1.10 bits per heavy atom. The van der Waals surface area contributed by atoms with Gasteiger partial charge in [0, 0.05) is 5.56 Å². The minimum Gasteiger partial charge on any atom is -0.430 e. The van der Waals surface area contributed by atoms with Gasteiger partial charge in [0.1, 0.15) is 11.6 Å². The van der Waals surface area contributed by atoms with Crippen molar-refractivity contribution in [2.75, 3.05) is 6.61 Å². The zero-order chi connectivity index (χ0) is 23.4. The van der Waals surface area contributed by atoms with E-state index in [-0.39, 0.29) is 17.4 Å². The molecule has 0 aromatic heterocycles. The molecule has 0 amide bonds. The molecular formula is C20H21F3N2O4S2. The van der Waals surface area contributed by atoms with Gasteiger partial charge in [-0.2, -0.15) is 26.6 Å². The van der Waals surface area contributed by atoms with E-state index in [1.807, 2.05) is 31.2 Å². The van der Waals surface area contributed by atoms with Crippen LogP contribution in [0.1, 0.15) is 27.8 Å². The van der Waals surface area contributed by atoms with Gasteiger partial charge in [-0.25, -0.2) is 0 Å². The molecule has 2 aromatic carbocycles. The van der Waals surface area contributed by atoms with Crippen LogP contribution in [0.3, 0.4) is 0 Å². The standard InChI is InChI=1S/C20H21F3N2O4S2/c1-12-4-6-15(7-5-12)18(24)25-19(30)29-17-11-13(2)16(10-14(17)3)8-9-28-31(26,27)20(21,22)23/h4-7,10-11H,8-9H2,1-3H3,(H2,24,25,30). The van der Waals surface area contributed by atoms with Crippen molar-refractivity contribution in [3.05, 3.63) is 64.2 Å². The van der Waals surface area contributed by atoms with Crippen LogP contribution in [0.25, 0.3) is 0 Å². The van der Waals surface area contributed by atoms with Gasteiger partial charge in [0.2, 0.25) is 0 Å². The quantitative estimate of drug-likeness (QED) is 0.223. The molecule has 31 heavy (non-hydrogen) atoms. The predicted octanol–water partition coefficient (Wildman–Crippen LogP) is 4.09. The molecule has 2 aromatic rings. The SMILES string of the molecule is Cc1ccc(C(N)=NC(=S)Oc2cc(C)c(CCOS(=O)(=O)C(F)(F)F)cc2C)cc1. The fraction of sp³-hybridized carbons (Fsp3) is 0.300. The molecule has 0 unspecified atom stereocenters. The summed E-state index contributed by atoms with van der Waals surface area (Å²) in [5.74, 6) is 0.592. The van der Waals surface area contributed by atoms with Gasteiger partial charge in [0.15, 0.2) is 0 Å². The average Bonchev–Trinajstić information content (AvgIpc) is 2.64. The van der Waals surface area contributed by atoms with Crippen molar-refractivity contribution >= 4 is 33.3 Å². The van der Waals surface area contributed by atoms with Crippen LogP contribution >= 0.6 is 12.2 Å². The molecule has 0 heterocycles. The Labute approximate surface area is 184 Å². The Morgan fingerprint density at radius 3 is 2.29 bits per heavy atom. The van der Waals surface area contributed by atoms with E-state index >= 15 is 0 Å². The number of amidine groups is 1. The van der Waals surface area contributed by atoms with Crippen LogP contribution in [0, 0.1) is 20.8 Å². The number of alkyl halides is 3. The van der Waals surface area contributed by atoms with E-state index in [1.165, 1.54) is 0 Å². The summed E-state index contributed by atoms with van der Waals surface area (Å²) in [5.41, 5.74) is 4.16. The number of thiocarbonyl (C=S) groups is 1. The first-order chi connectivity index (χ1) is 14.3. The number of halogens is 3. The summed E-state index contributed by atoms with van der Waals surface area (Å²) in [6, 6.07) is 10.7. The van der Waals surface area contributed by atoms with Gasteiger partial charge < -0.3 is 10.5 Å². The van der Waals surface area contributed by atoms with Crippen LogP contribution in [0.15, 0.2) is 41.4 Å². The lowest BCUT2D eigenvalue weighted by atomic mass is 10.0. The van der Waals surface area contributed by atoms with Crippen molar-refractivity contribution in [2.45, 2.75) is 32.7 Å². The Hall–Kier alpha value is -2.50. The van der Waals surface area contributed by atoms with Crippen LogP contribution < -0.4 is 10.5 Å². The number of hydrogen-bond acceptors (Lipinski definition) is 5. The average molecular weight is 475 g/mol. The minimum absolute atomic E-state index is 0.0365. The van der Waals surface area contributed by atoms with E-state index in [4.69, 9.17) is 22.7 Å². The zero-order valence-electron chi connectivity index (χ0n) is 17.0. The molecule has 0 fully saturated rings. The van der Waals surface area contributed by atoms with Gasteiger partial charge in [-0.05, 0) is 62.2 Å². The summed E-state index contributed by atoms with van der Waals surface area (Å²) in [4.78, 5) is 4.08. The third kappa shape index (κ3) is 6.74. The molecule has 0 aliphatic carbocycles. The van der Waals surface area contributed by atoms with E-state index in [2.05, 4.69) is 9.18 Å². The van der Waals surface area contributed by atoms with Crippen LogP contribution in [0.5, 0.6) is 5.75 Å². The topological polar surface area (TPSA) is 91.0 Å². The molecule has 0 saturated carbocycles. The highest BCUT2D eigenvalue weighted by Gasteiger charge is 2.47. The van der Waals surface area contributed by atoms with Crippen molar-refractivity contribution in [1.82, 2.24) is 0 Å². The maximum atomic E-state index is 12.3. The van der Waals surface area contributed by atoms with Gasteiger partial charge in [0.25, 0.3) is 5.17 Å². The van der Waals surface area contributed by atoms with Crippen LogP contribution in [0.4, 0.5) is 13.2 Å². The number of aryl methyl sites for hydroxylation is 3. The molecule has 0 aliphatic rings. The monoisotopic (exact) mass is 474 g/mol. The Balaban J connectivity index is 2.07. The van der Waals surface area contributed by atoms with E-state index in [9.17, 15) is 21.6 Å². The van der Waals surface area contributed by atoms with E-state index in [1.54, 1.807) is 26.0 Å². The fourth-order valence-corrected chi connectivity index (χ4v) is 3.19. The molecule has 6 nitrogen and oxygen atoms in total. The number of hydrogen-bond donors (Lipinski definition) is 1. The van der Waals surface area contributed by atoms with Crippen LogP contribution in [0.2, 0.25) is 0 Å². The predicted molar refractivity (Wildman–Crippen MR) is 116 cm³/mol. The van der Waals surface area contributed by atoms with Crippen molar-refractivity contribution < 1.29 is 30.5 Å². The third-order valence-electron chi connectivity index (χ3n) is 4.28. The number of nitrogens with zero attached hydrogens (tertiary/aromatic N) is 1. The number of nitrogens with two attached hydrogens (primary N) is 1. The lowest BCUT2D eigenvalue weighted by Crippen LogP contribution is -2.26. The van der Waals surface area contributed by atoms with Crippen molar-refractivity contribution in [3.8, 4) is 5.75 Å². The second-order valence-corrected chi connectivity index (χ2v) is 8.70. The lowest BCUT2D eigenvalue weighted by Gasteiger charge is -2.13. The smallest absolute Gasteiger partial charge is 0.430 e. The Bertz CT molecular complexity index is 1100. The maximum absolute atomic E-state index is 12.3. The summed E-state index contributed by atoms with van der Waals surface area (Å²) in [5, 5.41) is -0.104. The summed E-state index contributed by atoms with van der Waals surface area (Å²) < 4.78 is 68.6. The highest BCUT2D eigenvalue weighted by Crippen LogP contribution is 2.26. The summed E-state index contributed by atoms with van der Waals surface area (Å²) >= 11 is 5.14. The first-order valence-electron chi connectivity index (χ1n) is 8.99. The zero-order valence-corrected chi connectivity index (χ0v) is 18.6. The Morgan fingerprint density at radius 2 is 1.71 bits per heavy atom. The molecule has 168 valence electrons. The second kappa shape index (κ2) is 9.75. The third-order valence-corrected chi connectivity index (χ3v) is 5.50. The molecular weight excluding hydrogens is 453 g/mol. The van der Waals surface area contributed by atoms with Gasteiger partial charge in [-0.1, -0.05) is 35.9 Å². The summed E-state index contributed by atoms with van der Waals surface area (Å²) in [6.45, 7) is 4.72. The van der Waals surface area contributed by atoms with Gasteiger partial charge in [-0.3, -0.25) is 4.18 Å². The number of aliphatic imine (C=N–C) groups is 1. The lowest BCUT2D eigenvalue weighted by molar-refractivity contribution is -0.0541. The molecule has 0 bridgehead atoms. The number of rotatable bonds is 6. The molecule has 2 rings (SSSR count). The van der Waals surface area contributed by atoms with Crippen LogP contribution in [-0.2, 0) is 20.7 Å². The van der Waals surface area contributed by atoms with E-state index in [0.29, 0.717) is 28.0 Å². The maximum Gasteiger partial charge on any atom is 0.523 e. The first-order valence-corrected chi connectivity index (χ1v) is 10.8. The molecule has 0 radical (unpaired) electrons. The van der Waals surface area contributed by atoms with Crippen molar-refractivity contribution in [1.29, 1.82) is 0 Å². The molecule has 0 atom stereocenters. The van der Waals surface area contributed by atoms with Crippen molar-refractivity contribution in [2.24, 2.45) is 10.7 Å². The second-order valence-electron chi connectivity index (χ2n) is 6.75. The summed E-state index contributed by atoms with van der Waals surface area (Å²) in [7, 11) is -5.62. The normalized spacial score (nSPS) is 12.6. The van der Waals surface area contributed by atoms with Crippen molar-refractivity contribution in [3.63, 3.8) is 0 Å². The Kier molecular flexibility index (Phi) is 7.79. The minimum atomic E-state index is -5.62. The van der Waals surface area contributed by atoms with Crippen LogP contribution in [-0.4, -0.2) is 31.5 Å².